The lowest BCUT2D eigenvalue weighted by Gasteiger charge is -2.17. The Morgan fingerprint density at radius 1 is 1.05 bits per heavy atom. The van der Waals surface area contributed by atoms with Crippen LogP contribution in [0.1, 0.15) is 29.2 Å². The summed E-state index contributed by atoms with van der Waals surface area (Å²) in [4.78, 5) is 12.8. The number of carbonyl (C=O) groups is 1. The predicted molar refractivity (Wildman–Crippen MR) is 151 cm³/mol. The molecule has 8 heteroatoms. The molecule has 0 aromatic heterocycles. The molecule has 0 aliphatic heterocycles. The van der Waals surface area contributed by atoms with Gasteiger partial charge < -0.3 is 19.5 Å². The lowest BCUT2D eigenvalue weighted by atomic mass is 10.0. The summed E-state index contributed by atoms with van der Waals surface area (Å²) in [6.45, 7) is 6.63. The van der Waals surface area contributed by atoms with E-state index >= 15 is 0 Å². The Labute approximate surface area is 233 Å². The fraction of sp³-hybridized carbons (Fsp3) is 0.200. The Balaban J connectivity index is 1.85. The minimum absolute atomic E-state index is 0.0324. The van der Waals surface area contributed by atoms with E-state index in [4.69, 9.17) is 37.4 Å². The average molecular weight is 551 g/mol. The zero-order chi connectivity index (χ0) is 27.5. The van der Waals surface area contributed by atoms with Crippen LogP contribution in [0.5, 0.6) is 17.2 Å². The number of hydrogen-bond donors (Lipinski definition) is 1. The number of amides is 1. The summed E-state index contributed by atoms with van der Waals surface area (Å²) in [5.41, 5.74) is 3.12. The summed E-state index contributed by atoms with van der Waals surface area (Å²) in [6.07, 6.45) is 3.77. The van der Waals surface area contributed by atoms with Crippen molar-refractivity contribution in [2.45, 2.75) is 26.5 Å². The fourth-order valence-electron chi connectivity index (χ4n) is 3.62. The van der Waals surface area contributed by atoms with E-state index in [-0.39, 0.29) is 18.7 Å². The number of nitrogens with zero attached hydrogens (tertiary/aromatic N) is 1. The Hall–Kier alpha value is -3.92. The van der Waals surface area contributed by atoms with Gasteiger partial charge in [-0.25, -0.2) is 0 Å². The quantitative estimate of drug-likeness (QED) is 0.150. The van der Waals surface area contributed by atoms with Crippen LogP contribution in [0.3, 0.4) is 0 Å². The molecule has 0 radical (unpaired) electrons. The van der Waals surface area contributed by atoms with Gasteiger partial charge in [0, 0.05) is 12.1 Å². The van der Waals surface area contributed by atoms with E-state index in [9.17, 15) is 10.1 Å². The summed E-state index contributed by atoms with van der Waals surface area (Å²) in [5.74, 6) is 1.29. The number of halogens is 2. The van der Waals surface area contributed by atoms with Crippen molar-refractivity contribution in [2.24, 2.45) is 0 Å². The van der Waals surface area contributed by atoms with Crippen LogP contribution in [0, 0.1) is 11.3 Å². The molecule has 1 amide bonds. The van der Waals surface area contributed by atoms with Gasteiger partial charge in [-0.15, -0.1) is 6.58 Å². The van der Waals surface area contributed by atoms with Gasteiger partial charge in [0.1, 0.15) is 24.0 Å². The third kappa shape index (κ3) is 7.79. The van der Waals surface area contributed by atoms with Gasteiger partial charge in [-0.2, -0.15) is 5.26 Å². The second-order valence-electron chi connectivity index (χ2n) is 8.17. The van der Waals surface area contributed by atoms with Crippen LogP contribution in [0.25, 0.3) is 6.08 Å². The second-order valence-corrected chi connectivity index (χ2v) is 8.99. The van der Waals surface area contributed by atoms with Crippen LogP contribution in [0.15, 0.2) is 72.8 Å². The van der Waals surface area contributed by atoms with Crippen molar-refractivity contribution < 1.29 is 19.0 Å². The summed E-state index contributed by atoms with van der Waals surface area (Å²) in [6, 6.07) is 18.2. The summed E-state index contributed by atoms with van der Waals surface area (Å²) in [5, 5.41) is 13.4. The standard InChI is InChI=1S/C30H28Cl2N2O4/c1-4-6-23-13-22(14-24(17-33)30(35)34-18-20-7-10-25(36-3)11-8-20)16-28(37-5-2)29(23)38-19-21-9-12-26(31)27(32)15-21/h4,7-16H,1,5-6,18-19H2,2-3H3,(H,34,35)/b24-14-. The molecule has 196 valence electrons. The first-order valence-electron chi connectivity index (χ1n) is 11.9. The van der Waals surface area contributed by atoms with Gasteiger partial charge >= 0.3 is 0 Å². The van der Waals surface area contributed by atoms with Crippen molar-refractivity contribution in [3.63, 3.8) is 0 Å². The Morgan fingerprint density at radius 3 is 2.42 bits per heavy atom. The number of carbonyl (C=O) groups excluding carboxylic acids is 1. The molecule has 0 bridgehead atoms. The SMILES string of the molecule is C=CCc1cc(/C=C(/C#N)C(=O)NCc2ccc(OC)cc2)cc(OCC)c1OCc1ccc(Cl)c(Cl)c1. The molecular formula is C30H28Cl2N2O4. The van der Waals surface area contributed by atoms with E-state index in [0.717, 1.165) is 22.4 Å². The number of ether oxygens (including phenoxy) is 3. The number of benzene rings is 3. The minimum atomic E-state index is -0.480. The molecule has 0 saturated carbocycles. The smallest absolute Gasteiger partial charge is 0.262 e. The van der Waals surface area contributed by atoms with Crippen LogP contribution < -0.4 is 19.5 Å². The summed E-state index contributed by atoms with van der Waals surface area (Å²) < 4.78 is 17.2. The number of allylic oxidation sites excluding steroid dienone is 1. The number of nitriles is 1. The molecule has 3 aromatic rings. The number of methoxy groups -OCH3 is 1. The van der Waals surface area contributed by atoms with Gasteiger partial charge in [-0.05, 0) is 72.5 Å². The molecule has 0 aliphatic rings. The van der Waals surface area contributed by atoms with E-state index in [1.165, 1.54) is 6.08 Å². The monoisotopic (exact) mass is 550 g/mol. The second kappa shape index (κ2) is 14.1. The molecule has 0 atom stereocenters. The van der Waals surface area contributed by atoms with Crippen molar-refractivity contribution in [1.29, 1.82) is 5.26 Å². The maximum absolute atomic E-state index is 12.8. The van der Waals surface area contributed by atoms with Gasteiger partial charge in [0.15, 0.2) is 11.5 Å². The van der Waals surface area contributed by atoms with Crippen LogP contribution in [0.2, 0.25) is 10.0 Å². The largest absolute Gasteiger partial charge is 0.497 e. The van der Waals surface area contributed by atoms with Crippen molar-refractivity contribution >= 4 is 35.2 Å². The maximum atomic E-state index is 12.8. The highest BCUT2D eigenvalue weighted by atomic mass is 35.5. The van der Waals surface area contributed by atoms with Gasteiger partial charge in [0.05, 0.1) is 23.8 Å². The van der Waals surface area contributed by atoms with E-state index in [1.54, 1.807) is 31.4 Å². The van der Waals surface area contributed by atoms with Crippen LogP contribution in [-0.2, 0) is 24.4 Å². The molecule has 0 aliphatic carbocycles. The van der Waals surface area contributed by atoms with E-state index in [1.807, 2.05) is 49.4 Å². The lowest BCUT2D eigenvalue weighted by Crippen LogP contribution is -2.23. The molecule has 0 saturated heterocycles. The lowest BCUT2D eigenvalue weighted by molar-refractivity contribution is -0.117. The fourth-order valence-corrected chi connectivity index (χ4v) is 3.94. The van der Waals surface area contributed by atoms with Crippen molar-refractivity contribution in [1.82, 2.24) is 5.32 Å². The third-order valence-corrected chi connectivity index (χ3v) is 6.21. The Kier molecular flexibility index (Phi) is 10.7. The van der Waals surface area contributed by atoms with E-state index in [0.29, 0.717) is 40.1 Å². The summed E-state index contributed by atoms with van der Waals surface area (Å²) >= 11 is 12.2. The van der Waals surface area contributed by atoms with Crippen LogP contribution >= 0.6 is 23.2 Å². The number of rotatable bonds is 12. The van der Waals surface area contributed by atoms with Crippen molar-refractivity contribution in [3.8, 4) is 23.3 Å². The average Bonchev–Trinajstić information content (AvgIpc) is 2.92. The normalized spacial score (nSPS) is 10.9. The number of nitrogens with one attached hydrogen (secondary N) is 1. The maximum Gasteiger partial charge on any atom is 0.262 e. The topological polar surface area (TPSA) is 80.6 Å². The molecule has 1 N–H and O–H groups in total. The Bertz CT molecular complexity index is 1360. The highest BCUT2D eigenvalue weighted by Gasteiger charge is 2.16. The molecule has 3 rings (SSSR count). The predicted octanol–water partition coefficient (Wildman–Crippen LogP) is 6.93. The van der Waals surface area contributed by atoms with Gasteiger partial charge in [-0.1, -0.05) is 47.5 Å². The zero-order valence-corrected chi connectivity index (χ0v) is 22.7. The van der Waals surface area contributed by atoms with Crippen molar-refractivity contribution in [2.75, 3.05) is 13.7 Å². The van der Waals surface area contributed by atoms with Gasteiger partial charge in [0.25, 0.3) is 5.91 Å². The first-order valence-corrected chi connectivity index (χ1v) is 12.6. The molecule has 0 spiro atoms. The first kappa shape index (κ1) is 28.6. The van der Waals surface area contributed by atoms with Crippen LogP contribution in [-0.4, -0.2) is 19.6 Å². The van der Waals surface area contributed by atoms with E-state index < -0.39 is 5.91 Å². The molecule has 0 heterocycles. The highest BCUT2D eigenvalue weighted by molar-refractivity contribution is 6.42. The molecule has 3 aromatic carbocycles. The van der Waals surface area contributed by atoms with Gasteiger partial charge in [0.2, 0.25) is 0 Å². The highest BCUT2D eigenvalue weighted by Crippen LogP contribution is 2.35. The van der Waals surface area contributed by atoms with Gasteiger partial charge in [-0.3, -0.25) is 4.79 Å². The first-order chi connectivity index (χ1) is 18.4. The Morgan fingerprint density at radius 2 is 1.79 bits per heavy atom. The number of hydrogen-bond acceptors (Lipinski definition) is 5. The molecule has 38 heavy (non-hydrogen) atoms. The third-order valence-electron chi connectivity index (χ3n) is 5.47. The minimum Gasteiger partial charge on any atom is -0.497 e. The van der Waals surface area contributed by atoms with Crippen molar-refractivity contribution in [3.05, 3.63) is 105 Å². The zero-order valence-electron chi connectivity index (χ0n) is 21.2. The molecule has 0 fully saturated rings. The molecule has 0 unspecified atom stereocenters. The molecule has 6 nitrogen and oxygen atoms in total. The summed E-state index contributed by atoms with van der Waals surface area (Å²) in [7, 11) is 1.59. The van der Waals surface area contributed by atoms with Crippen LogP contribution in [0.4, 0.5) is 0 Å². The molecular weight excluding hydrogens is 523 g/mol. The van der Waals surface area contributed by atoms with E-state index in [2.05, 4.69) is 11.9 Å².